The molecule has 4 heterocycles. The maximum absolute atomic E-state index is 10.0. The van der Waals surface area contributed by atoms with Crippen LogP contribution in [-0.4, -0.2) is 56.1 Å². The monoisotopic (exact) mass is 444 g/mol. The summed E-state index contributed by atoms with van der Waals surface area (Å²) < 4.78 is 7.08. The lowest BCUT2D eigenvalue weighted by Gasteiger charge is -2.33. The van der Waals surface area contributed by atoms with Crippen molar-refractivity contribution in [2.24, 2.45) is 0 Å². The number of nitrogens with zero attached hydrogens (tertiary/aromatic N) is 4. The van der Waals surface area contributed by atoms with Crippen LogP contribution in [0.2, 0.25) is 0 Å². The molecule has 168 valence electrons. The Labute approximate surface area is 187 Å². The Morgan fingerprint density at radius 3 is 2.39 bits per heavy atom. The summed E-state index contributed by atoms with van der Waals surface area (Å²) in [4.78, 5) is 17.2. The summed E-state index contributed by atoms with van der Waals surface area (Å²) in [5, 5.41) is 21.2. The van der Waals surface area contributed by atoms with Crippen LogP contribution in [0.15, 0.2) is 6.33 Å². The molecule has 2 N–H and O–H groups in total. The number of hydrogen-bond acceptors (Lipinski definition) is 8. The third-order valence-electron chi connectivity index (χ3n) is 5.66. The van der Waals surface area contributed by atoms with Crippen LogP contribution in [0.4, 0.5) is 5.82 Å². The van der Waals surface area contributed by atoms with E-state index < -0.39 is 12.2 Å². The predicted octanol–water partition coefficient (Wildman–Crippen LogP) is 3.78. The topological polar surface area (TPSA) is 91.6 Å². The first-order valence-electron chi connectivity index (χ1n) is 10.9. The second-order valence-electron chi connectivity index (χ2n) is 9.59. The summed E-state index contributed by atoms with van der Waals surface area (Å²) in [7, 11) is 0. The second-order valence-corrected chi connectivity index (χ2v) is 10.6. The van der Waals surface area contributed by atoms with Gasteiger partial charge in [-0.15, -0.1) is 11.3 Å². The van der Waals surface area contributed by atoms with Crippen molar-refractivity contribution in [3.8, 4) is 0 Å². The maximum Gasteiger partial charge on any atom is 0.150 e. The molecule has 0 fully saturated rings. The lowest BCUT2D eigenvalue weighted by molar-refractivity contribution is -0.0402. The largest absolute Gasteiger partial charge is 0.392 e. The van der Waals surface area contributed by atoms with Crippen LogP contribution < -0.4 is 4.90 Å². The lowest BCUT2D eigenvalue weighted by Crippen LogP contribution is -2.37. The van der Waals surface area contributed by atoms with Crippen LogP contribution in [0.5, 0.6) is 0 Å². The summed E-state index contributed by atoms with van der Waals surface area (Å²) in [6, 6.07) is 0. The van der Waals surface area contributed by atoms with Crippen molar-refractivity contribution in [2.45, 2.75) is 78.3 Å². The molecule has 1 aliphatic rings. The molecule has 1 aliphatic heterocycles. The number of aliphatic hydroxyl groups is 2. The molecule has 2 atom stereocenters. The fourth-order valence-corrected chi connectivity index (χ4v) is 5.59. The quantitative estimate of drug-likeness (QED) is 0.598. The first kappa shape index (κ1) is 22.3. The van der Waals surface area contributed by atoms with Gasteiger partial charge in [0.1, 0.15) is 17.0 Å². The zero-order chi connectivity index (χ0) is 22.5. The standard InChI is InChI=1S/C23H32N4O3S/c1-12(2)18-16-10-30-23(5,6)7-15(16)17-19-20(31-22(17)26-18)21(25-11-24-19)27(8-13(3)28)9-14(4)29/h11-14,28-29H,7-10H2,1-6H3/t13-,14-/m1/s1. The summed E-state index contributed by atoms with van der Waals surface area (Å²) in [5.74, 6) is 1.03. The van der Waals surface area contributed by atoms with Crippen molar-refractivity contribution in [1.29, 1.82) is 0 Å². The molecule has 4 rings (SSSR count). The molecule has 8 heteroatoms. The average molecular weight is 445 g/mol. The van der Waals surface area contributed by atoms with Crippen molar-refractivity contribution < 1.29 is 14.9 Å². The van der Waals surface area contributed by atoms with Crippen molar-refractivity contribution in [1.82, 2.24) is 15.0 Å². The normalized spacial score (nSPS) is 17.8. The van der Waals surface area contributed by atoms with Gasteiger partial charge >= 0.3 is 0 Å². The Morgan fingerprint density at radius 1 is 1.10 bits per heavy atom. The summed E-state index contributed by atoms with van der Waals surface area (Å²) in [5.41, 5.74) is 4.20. The zero-order valence-electron chi connectivity index (χ0n) is 19.1. The van der Waals surface area contributed by atoms with E-state index in [9.17, 15) is 10.2 Å². The number of hydrogen-bond donors (Lipinski definition) is 2. The molecule has 0 unspecified atom stereocenters. The van der Waals surface area contributed by atoms with Gasteiger partial charge in [-0.25, -0.2) is 15.0 Å². The van der Waals surface area contributed by atoms with Crippen LogP contribution in [0.25, 0.3) is 20.4 Å². The van der Waals surface area contributed by atoms with Gasteiger partial charge in [0, 0.05) is 30.5 Å². The van der Waals surface area contributed by atoms with E-state index in [1.54, 1.807) is 31.5 Å². The molecule has 31 heavy (non-hydrogen) atoms. The zero-order valence-corrected chi connectivity index (χ0v) is 20.0. The van der Waals surface area contributed by atoms with Gasteiger partial charge in [-0.1, -0.05) is 13.8 Å². The van der Waals surface area contributed by atoms with Crippen LogP contribution >= 0.6 is 11.3 Å². The van der Waals surface area contributed by atoms with E-state index in [1.165, 1.54) is 11.1 Å². The fourth-order valence-electron chi connectivity index (χ4n) is 4.41. The van der Waals surface area contributed by atoms with E-state index in [1.807, 2.05) is 4.90 Å². The van der Waals surface area contributed by atoms with Crippen molar-refractivity contribution in [2.75, 3.05) is 18.0 Å². The smallest absolute Gasteiger partial charge is 0.150 e. The molecule has 0 amide bonds. The summed E-state index contributed by atoms with van der Waals surface area (Å²) in [6.45, 7) is 13.4. The van der Waals surface area contributed by atoms with E-state index in [4.69, 9.17) is 9.72 Å². The highest BCUT2D eigenvalue weighted by atomic mass is 32.1. The molecular weight excluding hydrogens is 412 g/mol. The molecule has 0 bridgehead atoms. The Kier molecular flexibility index (Phi) is 5.93. The molecule has 0 radical (unpaired) electrons. The van der Waals surface area contributed by atoms with Gasteiger partial charge < -0.3 is 19.8 Å². The van der Waals surface area contributed by atoms with Crippen molar-refractivity contribution >= 4 is 37.6 Å². The summed E-state index contributed by atoms with van der Waals surface area (Å²) in [6.07, 6.45) is 1.29. The Morgan fingerprint density at radius 2 is 1.77 bits per heavy atom. The van der Waals surface area contributed by atoms with Gasteiger partial charge in [-0.2, -0.15) is 0 Å². The third kappa shape index (κ3) is 4.26. The molecule has 0 aromatic carbocycles. The van der Waals surface area contributed by atoms with Crippen LogP contribution in [0, 0.1) is 0 Å². The lowest BCUT2D eigenvalue weighted by atomic mass is 9.87. The van der Waals surface area contributed by atoms with Crippen LogP contribution in [0.3, 0.4) is 0 Å². The highest BCUT2D eigenvalue weighted by molar-refractivity contribution is 7.26. The first-order chi connectivity index (χ1) is 14.6. The van der Waals surface area contributed by atoms with Gasteiger partial charge in [0.2, 0.25) is 0 Å². The van der Waals surface area contributed by atoms with Crippen molar-refractivity contribution in [3.63, 3.8) is 0 Å². The minimum atomic E-state index is -0.547. The number of fused-ring (bicyclic) bond motifs is 5. The van der Waals surface area contributed by atoms with E-state index in [0.717, 1.165) is 38.4 Å². The minimum Gasteiger partial charge on any atom is -0.392 e. The van der Waals surface area contributed by atoms with E-state index in [2.05, 4.69) is 37.7 Å². The Hall–Kier alpha value is -1.87. The van der Waals surface area contributed by atoms with Crippen LogP contribution in [0.1, 0.15) is 64.3 Å². The van der Waals surface area contributed by atoms with E-state index in [-0.39, 0.29) is 5.60 Å². The van der Waals surface area contributed by atoms with Gasteiger partial charge in [0.25, 0.3) is 0 Å². The molecule has 0 spiro atoms. The highest BCUT2D eigenvalue weighted by Gasteiger charge is 2.32. The number of aromatic nitrogens is 3. The number of pyridine rings is 1. The van der Waals surface area contributed by atoms with E-state index >= 15 is 0 Å². The second kappa shape index (κ2) is 8.24. The van der Waals surface area contributed by atoms with Crippen LogP contribution in [-0.2, 0) is 17.8 Å². The highest BCUT2D eigenvalue weighted by Crippen LogP contribution is 2.43. The van der Waals surface area contributed by atoms with Gasteiger partial charge in [-0.3, -0.25) is 0 Å². The van der Waals surface area contributed by atoms with E-state index in [0.29, 0.717) is 25.6 Å². The molecule has 3 aromatic heterocycles. The fraction of sp³-hybridized carbons (Fsp3) is 0.609. The number of rotatable bonds is 6. The average Bonchev–Trinajstić information content (AvgIpc) is 3.04. The minimum absolute atomic E-state index is 0.246. The number of anilines is 1. The van der Waals surface area contributed by atoms with Gasteiger partial charge in [-0.05, 0) is 39.2 Å². The summed E-state index contributed by atoms with van der Waals surface area (Å²) >= 11 is 1.59. The molecule has 0 aliphatic carbocycles. The van der Waals surface area contributed by atoms with Gasteiger partial charge in [0.05, 0.1) is 40.3 Å². The van der Waals surface area contributed by atoms with Crippen molar-refractivity contribution in [3.05, 3.63) is 23.1 Å². The molecule has 3 aromatic rings. The molecule has 0 saturated heterocycles. The number of ether oxygens (including phenoxy) is 1. The predicted molar refractivity (Wildman–Crippen MR) is 125 cm³/mol. The maximum atomic E-state index is 10.0. The molecule has 0 saturated carbocycles. The Bertz CT molecular complexity index is 1100. The molecule has 7 nitrogen and oxygen atoms in total. The first-order valence-corrected chi connectivity index (χ1v) is 11.7. The van der Waals surface area contributed by atoms with Gasteiger partial charge in [0.15, 0.2) is 0 Å². The molecular formula is C23H32N4O3S. The SMILES string of the molecule is CC(C)c1nc2sc3c(N(C[C@@H](C)O)C[C@@H](C)O)ncnc3c2c2c1COC(C)(C)C2. The number of aliphatic hydroxyl groups excluding tert-OH is 2. The number of thiophene rings is 1. The Balaban J connectivity index is 1.99. The third-order valence-corrected chi connectivity index (χ3v) is 6.73.